The topological polar surface area (TPSA) is 103 Å². The van der Waals surface area contributed by atoms with Gasteiger partial charge < -0.3 is 24.7 Å². The molecule has 0 amide bonds. The zero-order valence-corrected chi connectivity index (χ0v) is 16.0. The van der Waals surface area contributed by atoms with Crippen LogP contribution in [0.2, 0.25) is 0 Å². The number of pyridine rings is 1. The molecule has 1 aromatic heterocycles. The lowest BCUT2D eigenvalue weighted by Gasteiger charge is -2.33. The number of rotatable bonds is 8. The molecule has 2 heterocycles. The van der Waals surface area contributed by atoms with Gasteiger partial charge >= 0.3 is 11.9 Å². The summed E-state index contributed by atoms with van der Waals surface area (Å²) in [6.07, 6.45) is 8.43. The van der Waals surface area contributed by atoms with E-state index >= 15 is 0 Å². The average Bonchev–Trinajstić information content (AvgIpc) is 2.65. The number of nitrogens with zero attached hydrogens (tertiary/aromatic N) is 3. The molecule has 0 bridgehead atoms. The van der Waals surface area contributed by atoms with Crippen LogP contribution in [-0.2, 0) is 9.59 Å². The van der Waals surface area contributed by atoms with E-state index in [1.165, 1.54) is 18.5 Å². The molecule has 2 N–H and O–H groups in total. The second-order valence-corrected chi connectivity index (χ2v) is 6.23. The summed E-state index contributed by atoms with van der Waals surface area (Å²) in [5.41, 5.74) is 1.18. The van der Waals surface area contributed by atoms with Gasteiger partial charge in [0.2, 0.25) is 0 Å². The van der Waals surface area contributed by atoms with Gasteiger partial charge in [0.25, 0.3) is 0 Å². The molecule has 0 saturated carbocycles. The highest BCUT2D eigenvalue weighted by Gasteiger charge is 2.14. The van der Waals surface area contributed by atoms with Crippen molar-refractivity contribution in [2.24, 2.45) is 0 Å². The van der Waals surface area contributed by atoms with Gasteiger partial charge in [0.05, 0.1) is 24.7 Å². The lowest BCUT2D eigenvalue weighted by molar-refractivity contribution is -0.134. The van der Waals surface area contributed by atoms with Gasteiger partial charge in [0.15, 0.2) is 0 Å². The number of unbranched alkanes of at least 4 members (excludes halogenated alkanes) is 2. The van der Waals surface area contributed by atoms with Gasteiger partial charge in [-0.25, -0.2) is 9.59 Å². The van der Waals surface area contributed by atoms with E-state index in [1.54, 1.807) is 0 Å². The molecule has 1 aromatic rings. The molecule has 8 nitrogen and oxygen atoms in total. The predicted octanol–water partition coefficient (Wildman–Crippen LogP) is 2.11. The van der Waals surface area contributed by atoms with Crippen molar-refractivity contribution in [1.82, 2.24) is 9.88 Å². The number of carbonyl (C=O) groups is 2. The van der Waals surface area contributed by atoms with E-state index in [0.29, 0.717) is 12.2 Å². The van der Waals surface area contributed by atoms with Crippen LogP contribution in [0.4, 0.5) is 5.69 Å². The van der Waals surface area contributed by atoms with E-state index in [2.05, 4.69) is 34.8 Å². The molecule has 1 aliphatic rings. The van der Waals surface area contributed by atoms with Crippen molar-refractivity contribution in [1.29, 1.82) is 0 Å². The second-order valence-electron chi connectivity index (χ2n) is 6.23. The van der Waals surface area contributed by atoms with Crippen LogP contribution in [-0.4, -0.2) is 71.9 Å². The Bertz CT molecular complexity index is 597. The minimum absolute atomic E-state index is 0.558. The van der Waals surface area contributed by atoms with Crippen LogP contribution in [0.5, 0.6) is 5.75 Å². The molecule has 0 radical (unpaired) electrons. The molecule has 150 valence electrons. The normalized spacial score (nSPS) is 14.5. The molecule has 0 spiro atoms. The summed E-state index contributed by atoms with van der Waals surface area (Å²) in [4.78, 5) is 28.1. The first-order chi connectivity index (χ1) is 12.9. The third-order valence-electron chi connectivity index (χ3n) is 3.95. The highest BCUT2D eigenvalue weighted by Crippen LogP contribution is 2.20. The summed E-state index contributed by atoms with van der Waals surface area (Å²) < 4.78 is 5.76. The van der Waals surface area contributed by atoms with Crippen molar-refractivity contribution in [3.63, 3.8) is 0 Å². The molecule has 0 unspecified atom stereocenters. The number of anilines is 1. The van der Waals surface area contributed by atoms with E-state index in [0.717, 1.165) is 45.0 Å². The summed E-state index contributed by atoms with van der Waals surface area (Å²) in [6, 6.07) is 2.12. The smallest absolute Gasteiger partial charge is 0.328 e. The molecule has 1 fully saturated rings. The molecule has 1 saturated heterocycles. The van der Waals surface area contributed by atoms with Crippen LogP contribution < -0.4 is 9.64 Å². The van der Waals surface area contributed by atoms with Gasteiger partial charge in [0.1, 0.15) is 5.75 Å². The van der Waals surface area contributed by atoms with Crippen molar-refractivity contribution in [2.75, 3.05) is 44.7 Å². The fraction of sp³-hybridized carbons (Fsp3) is 0.526. The second kappa shape index (κ2) is 12.7. The molecule has 0 aromatic carbocycles. The fourth-order valence-electron chi connectivity index (χ4n) is 2.41. The summed E-state index contributed by atoms with van der Waals surface area (Å²) in [5.74, 6) is -1.62. The highest BCUT2D eigenvalue weighted by molar-refractivity contribution is 5.89. The Morgan fingerprint density at radius 2 is 1.74 bits per heavy atom. The van der Waals surface area contributed by atoms with Crippen LogP contribution >= 0.6 is 0 Å². The summed E-state index contributed by atoms with van der Waals surface area (Å²) in [7, 11) is 2.17. The number of aromatic nitrogens is 1. The SMILES string of the molecule is CCCCCOc1cncc(N2CCN(C)CC2)c1.O=C(O)/C=C/C(=O)O. The van der Waals surface area contributed by atoms with Gasteiger partial charge in [-0.1, -0.05) is 19.8 Å². The zero-order valence-electron chi connectivity index (χ0n) is 16.0. The van der Waals surface area contributed by atoms with Crippen LogP contribution in [0.3, 0.4) is 0 Å². The van der Waals surface area contributed by atoms with Gasteiger partial charge in [-0.2, -0.15) is 0 Å². The molecular formula is C19H29N3O5. The first-order valence-corrected chi connectivity index (χ1v) is 9.07. The highest BCUT2D eigenvalue weighted by atomic mass is 16.5. The lowest BCUT2D eigenvalue weighted by atomic mass is 10.2. The third kappa shape index (κ3) is 10.2. The minimum atomic E-state index is -1.26. The van der Waals surface area contributed by atoms with E-state index in [1.807, 2.05) is 12.4 Å². The standard InChI is InChI=1S/C15H25N3O.C4H4O4/c1-3-4-5-10-19-15-11-14(12-16-13-15)18-8-6-17(2)7-9-18;5-3(6)1-2-4(7)8/h11-13H,3-10H2,1-2H3;1-2H,(H,5,6)(H,7,8)/b;2-1+. The van der Waals surface area contributed by atoms with E-state index in [-0.39, 0.29) is 0 Å². The Labute approximate surface area is 160 Å². The first-order valence-electron chi connectivity index (χ1n) is 9.07. The predicted molar refractivity (Wildman–Crippen MR) is 103 cm³/mol. The molecule has 27 heavy (non-hydrogen) atoms. The maximum absolute atomic E-state index is 9.55. The molecule has 0 aliphatic carbocycles. The maximum atomic E-state index is 9.55. The molecular weight excluding hydrogens is 350 g/mol. The monoisotopic (exact) mass is 379 g/mol. The lowest BCUT2D eigenvalue weighted by Crippen LogP contribution is -2.44. The Morgan fingerprint density at radius 1 is 1.11 bits per heavy atom. The van der Waals surface area contributed by atoms with Crippen molar-refractivity contribution in [3.8, 4) is 5.75 Å². The van der Waals surface area contributed by atoms with E-state index in [4.69, 9.17) is 14.9 Å². The van der Waals surface area contributed by atoms with Gasteiger partial charge in [-0.15, -0.1) is 0 Å². The van der Waals surface area contributed by atoms with E-state index < -0.39 is 11.9 Å². The number of hydrogen-bond acceptors (Lipinski definition) is 6. The number of carboxylic acid groups (broad SMARTS) is 2. The molecule has 0 atom stereocenters. The zero-order chi connectivity index (χ0) is 20.1. The van der Waals surface area contributed by atoms with Crippen molar-refractivity contribution < 1.29 is 24.5 Å². The van der Waals surface area contributed by atoms with Crippen LogP contribution in [0, 0.1) is 0 Å². The summed E-state index contributed by atoms with van der Waals surface area (Å²) >= 11 is 0. The van der Waals surface area contributed by atoms with Crippen LogP contribution in [0.15, 0.2) is 30.6 Å². The Balaban J connectivity index is 0.000000387. The van der Waals surface area contributed by atoms with E-state index in [9.17, 15) is 9.59 Å². The number of ether oxygens (including phenoxy) is 1. The number of piperazine rings is 1. The van der Waals surface area contributed by atoms with Crippen LogP contribution in [0.25, 0.3) is 0 Å². The van der Waals surface area contributed by atoms with Crippen molar-refractivity contribution in [2.45, 2.75) is 26.2 Å². The average molecular weight is 379 g/mol. The number of likely N-dealkylation sites (N-methyl/N-ethyl adjacent to an activating group) is 1. The quantitative estimate of drug-likeness (QED) is 0.523. The molecule has 2 rings (SSSR count). The molecule has 1 aliphatic heterocycles. The maximum Gasteiger partial charge on any atom is 0.328 e. The Hall–Kier alpha value is -2.61. The fourth-order valence-corrected chi connectivity index (χ4v) is 2.41. The summed E-state index contributed by atoms with van der Waals surface area (Å²) in [5, 5.41) is 15.6. The van der Waals surface area contributed by atoms with Gasteiger partial charge in [-0.05, 0) is 13.5 Å². The molecule has 8 heteroatoms. The van der Waals surface area contributed by atoms with Gasteiger partial charge in [-0.3, -0.25) is 4.98 Å². The summed E-state index contributed by atoms with van der Waals surface area (Å²) in [6.45, 7) is 7.36. The minimum Gasteiger partial charge on any atom is -0.492 e. The number of aliphatic carboxylic acids is 2. The van der Waals surface area contributed by atoms with Crippen molar-refractivity contribution in [3.05, 3.63) is 30.6 Å². The Kier molecular flexibility index (Phi) is 10.5. The number of hydrogen-bond donors (Lipinski definition) is 2. The van der Waals surface area contributed by atoms with Crippen molar-refractivity contribution >= 4 is 17.6 Å². The first kappa shape index (κ1) is 22.4. The third-order valence-corrected chi connectivity index (χ3v) is 3.95. The largest absolute Gasteiger partial charge is 0.492 e. The van der Waals surface area contributed by atoms with Gasteiger partial charge in [0, 0.05) is 44.4 Å². The number of carboxylic acids is 2. The van der Waals surface area contributed by atoms with Crippen LogP contribution in [0.1, 0.15) is 26.2 Å². The Morgan fingerprint density at radius 3 is 2.30 bits per heavy atom.